The average molecular weight is 431 g/mol. The molecule has 32 heavy (non-hydrogen) atoms. The molecule has 164 valence electrons. The van der Waals surface area contributed by atoms with Crippen LogP contribution < -0.4 is 5.56 Å². The zero-order chi connectivity index (χ0) is 23.2. The lowest BCUT2D eigenvalue weighted by atomic mass is 9.86. The highest BCUT2D eigenvalue weighted by Crippen LogP contribution is 2.30. The Morgan fingerprint density at radius 1 is 1.09 bits per heavy atom. The number of aromatic carboxylic acids is 1. The molecule has 2 N–H and O–H groups in total. The molecule has 0 spiro atoms. The summed E-state index contributed by atoms with van der Waals surface area (Å²) in [7, 11) is 1.65. The summed E-state index contributed by atoms with van der Waals surface area (Å²) < 4.78 is 2.83. The van der Waals surface area contributed by atoms with Gasteiger partial charge in [0.05, 0.1) is 23.9 Å². The number of aliphatic hydroxyl groups excluding tert-OH is 1. The quantitative estimate of drug-likeness (QED) is 0.511. The summed E-state index contributed by atoms with van der Waals surface area (Å²) in [5.74, 6) is -1.04. The van der Waals surface area contributed by atoms with Crippen LogP contribution in [0.25, 0.3) is 27.7 Å². The van der Waals surface area contributed by atoms with Crippen molar-refractivity contribution in [1.82, 2.24) is 14.3 Å². The maximum atomic E-state index is 13.3. The van der Waals surface area contributed by atoms with E-state index in [2.05, 4.69) is 25.9 Å². The Morgan fingerprint density at radius 2 is 1.84 bits per heavy atom. The van der Waals surface area contributed by atoms with Crippen molar-refractivity contribution in [2.45, 2.75) is 32.8 Å². The van der Waals surface area contributed by atoms with Gasteiger partial charge in [0, 0.05) is 29.3 Å². The molecule has 4 aromatic rings. The molecule has 0 radical (unpaired) electrons. The van der Waals surface area contributed by atoms with Gasteiger partial charge in [-0.1, -0.05) is 39.0 Å². The van der Waals surface area contributed by atoms with E-state index >= 15 is 0 Å². The van der Waals surface area contributed by atoms with E-state index in [1.807, 2.05) is 18.2 Å². The maximum absolute atomic E-state index is 13.3. The minimum absolute atomic E-state index is 0.0503. The number of aliphatic hydroxyl groups is 1. The molecule has 7 nitrogen and oxygen atoms in total. The van der Waals surface area contributed by atoms with Crippen LogP contribution in [0.1, 0.15) is 42.4 Å². The van der Waals surface area contributed by atoms with Crippen LogP contribution in [0.15, 0.2) is 59.5 Å². The van der Waals surface area contributed by atoms with E-state index in [0.717, 1.165) is 10.9 Å². The number of hydrogen-bond acceptors (Lipinski definition) is 4. The monoisotopic (exact) mass is 431 g/mol. The molecule has 0 fully saturated rings. The van der Waals surface area contributed by atoms with Crippen LogP contribution in [0.5, 0.6) is 0 Å². The normalized spacial score (nSPS) is 11.8. The van der Waals surface area contributed by atoms with Gasteiger partial charge in [-0.3, -0.25) is 4.79 Å². The van der Waals surface area contributed by atoms with Crippen molar-refractivity contribution in [3.63, 3.8) is 0 Å². The van der Waals surface area contributed by atoms with E-state index in [1.54, 1.807) is 42.1 Å². The Hall–Kier alpha value is -3.71. The SMILES string of the molecule is Cn1c(C(=O)O)ccc1-c1cccc(-n2ncc3cc(C(C)(C)C)ccc3c2=O)c1CO. The van der Waals surface area contributed by atoms with E-state index in [0.29, 0.717) is 27.9 Å². The summed E-state index contributed by atoms with van der Waals surface area (Å²) in [6.07, 6.45) is 1.66. The van der Waals surface area contributed by atoms with Gasteiger partial charge < -0.3 is 14.8 Å². The van der Waals surface area contributed by atoms with Crippen molar-refractivity contribution >= 4 is 16.7 Å². The second-order valence-electron chi connectivity index (χ2n) is 8.84. The van der Waals surface area contributed by atoms with E-state index in [9.17, 15) is 19.8 Å². The molecule has 0 unspecified atom stereocenters. The van der Waals surface area contributed by atoms with Crippen molar-refractivity contribution in [1.29, 1.82) is 0 Å². The molecule has 0 aliphatic rings. The number of carboxylic acids is 1. The van der Waals surface area contributed by atoms with E-state index < -0.39 is 5.97 Å². The average Bonchev–Trinajstić information content (AvgIpc) is 3.14. The molecular weight excluding hydrogens is 406 g/mol. The number of benzene rings is 2. The van der Waals surface area contributed by atoms with Gasteiger partial charge in [0.1, 0.15) is 5.69 Å². The Labute approximate surface area is 185 Å². The topological polar surface area (TPSA) is 97.4 Å². The molecule has 0 aliphatic carbocycles. The van der Waals surface area contributed by atoms with E-state index in [1.165, 1.54) is 10.7 Å². The lowest BCUT2D eigenvalue weighted by Gasteiger charge is -2.19. The smallest absolute Gasteiger partial charge is 0.352 e. The molecule has 0 saturated carbocycles. The summed E-state index contributed by atoms with van der Waals surface area (Å²) >= 11 is 0. The Kier molecular flexibility index (Phi) is 5.22. The number of nitrogens with zero attached hydrogens (tertiary/aromatic N) is 3. The zero-order valence-electron chi connectivity index (χ0n) is 18.5. The van der Waals surface area contributed by atoms with Gasteiger partial charge in [0.15, 0.2) is 0 Å². The van der Waals surface area contributed by atoms with Crippen LogP contribution in [0.3, 0.4) is 0 Å². The number of carbonyl (C=O) groups is 1. The summed E-state index contributed by atoms with van der Waals surface area (Å²) in [4.78, 5) is 24.7. The van der Waals surface area contributed by atoms with Crippen LogP contribution >= 0.6 is 0 Å². The van der Waals surface area contributed by atoms with Crippen molar-refractivity contribution in [2.24, 2.45) is 7.05 Å². The van der Waals surface area contributed by atoms with Crippen LogP contribution in [0.2, 0.25) is 0 Å². The number of hydrogen-bond donors (Lipinski definition) is 2. The number of carboxylic acid groups (broad SMARTS) is 1. The first-order valence-corrected chi connectivity index (χ1v) is 10.3. The summed E-state index contributed by atoms with van der Waals surface area (Å²) in [5, 5.41) is 25.2. The summed E-state index contributed by atoms with van der Waals surface area (Å²) in [6.45, 7) is 6.00. The predicted octanol–water partition coefficient (Wildman–Crippen LogP) is 3.88. The molecule has 2 heterocycles. The lowest BCUT2D eigenvalue weighted by Crippen LogP contribution is -2.23. The van der Waals surface area contributed by atoms with Gasteiger partial charge in [0.25, 0.3) is 5.56 Å². The van der Waals surface area contributed by atoms with Crippen molar-refractivity contribution in [2.75, 3.05) is 0 Å². The zero-order valence-corrected chi connectivity index (χ0v) is 18.5. The van der Waals surface area contributed by atoms with Crippen molar-refractivity contribution in [3.05, 3.63) is 81.9 Å². The molecule has 2 aromatic heterocycles. The van der Waals surface area contributed by atoms with E-state index in [-0.39, 0.29) is 23.3 Å². The highest BCUT2D eigenvalue weighted by Gasteiger charge is 2.19. The van der Waals surface area contributed by atoms with Crippen LogP contribution in [-0.2, 0) is 19.1 Å². The molecule has 0 atom stereocenters. The molecule has 4 rings (SSSR count). The number of aromatic nitrogens is 3. The number of rotatable bonds is 4. The molecule has 0 aliphatic heterocycles. The van der Waals surface area contributed by atoms with Gasteiger partial charge in [0.2, 0.25) is 0 Å². The molecule has 0 bridgehead atoms. The van der Waals surface area contributed by atoms with Gasteiger partial charge in [-0.15, -0.1) is 0 Å². The van der Waals surface area contributed by atoms with E-state index in [4.69, 9.17) is 0 Å². The molecular formula is C25H25N3O4. The first-order chi connectivity index (χ1) is 15.1. The first kappa shape index (κ1) is 21.5. The van der Waals surface area contributed by atoms with Gasteiger partial charge in [-0.25, -0.2) is 4.79 Å². The fourth-order valence-electron chi connectivity index (χ4n) is 3.96. The minimum Gasteiger partial charge on any atom is -0.477 e. The Morgan fingerprint density at radius 3 is 2.47 bits per heavy atom. The largest absolute Gasteiger partial charge is 0.477 e. The third-order valence-corrected chi connectivity index (χ3v) is 5.81. The third-order valence-electron chi connectivity index (χ3n) is 5.81. The van der Waals surface area contributed by atoms with Crippen LogP contribution in [0, 0.1) is 0 Å². The third kappa shape index (κ3) is 3.50. The molecule has 0 amide bonds. The summed E-state index contributed by atoms with van der Waals surface area (Å²) in [6, 6.07) is 14.2. The summed E-state index contributed by atoms with van der Waals surface area (Å²) in [5.41, 5.74) is 3.11. The fraction of sp³-hybridized carbons (Fsp3) is 0.240. The van der Waals surface area contributed by atoms with Crippen molar-refractivity contribution in [3.8, 4) is 16.9 Å². The lowest BCUT2D eigenvalue weighted by molar-refractivity contribution is 0.0686. The van der Waals surface area contributed by atoms with Crippen LogP contribution in [-0.4, -0.2) is 30.5 Å². The molecule has 7 heteroatoms. The Balaban J connectivity index is 1.91. The second-order valence-corrected chi connectivity index (χ2v) is 8.84. The van der Waals surface area contributed by atoms with Gasteiger partial charge in [-0.05, 0) is 41.3 Å². The maximum Gasteiger partial charge on any atom is 0.352 e. The standard InChI is InChI=1S/C25H25N3O4/c1-25(2,3)16-8-9-17-15(12-16)13-26-28(23(17)30)21-7-5-6-18(19(21)14-29)20-10-11-22(24(31)32)27(20)4/h5-13,29H,14H2,1-4H3,(H,31,32). The van der Waals surface area contributed by atoms with Gasteiger partial charge in [-0.2, -0.15) is 9.78 Å². The Bertz CT molecular complexity index is 1410. The van der Waals surface area contributed by atoms with Crippen molar-refractivity contribution < 1.29 is 15.0 Å². The van der Waals surface area contributed by atoms with Gasteiger partial charge >= 0.3 is 5.97 Å². The first-order valence-electron chi connectivity index (χ1n) is 10.3. The highest BCUT2D eigenvalue weighted by atomic mass is 16.4. The molecule has 0 saturated heterocycles. The molecule has 2 aromatic carbocycles. The van der Waals surface area contributed by atoms with Crippen LogP contribution in [0.4, 0.5) is 0 Å². The minimum atomic E-state index is -1.04. The predicted molar refractivity (Wildman–Crippen MR) is 123 cm³/mol. The second kappa shape index (κ2) is 7.76. The number of fused-ring (bicyclic) bond motifs is 1. The fourth-order valence-corrected chi connectivity index (χ4v) is 3.96. The highest BCUT2D eigenvalue weighted by molar-refractivity contribution is 5.88.